The Balaban J connectivity index is 2.70. The molecule has 1 rings (SSSR count). The molecular formula is C15H24N2O2. The first-order chi connectivity index (χ1) is 8.90. The van der Waals surface area contributed by atoms with Gasteiger partial charge in [0.25, 0.3) is 5.91 Å². The summed E-state index contributed by atoms with van der Waals surface area (Å²) >= 11 is 0. The molecule has 106 valence electrons. The molecule has 0 bridgehead atoms. The third kappa shape index (κ3) is 5.30. The number of amides is 1. The van der Waals surface area contributed by atoms with Crippen molar-refractivity contribution in [1.82, 2.24) is 5.32 Å². The number of hydrogen-bond donors (Lipinski definition) is 2. The predicted molar refractivity (Wildman–Crippen MR) is 77.2 cm³/mol. The van der Waals surface area contributed by atoms with E-state index in [1.807, 2.05) is 13.8 Å². The SMILES string of the molecule is Cc1cc(CNCC(C)C)cc(C)c1OCC(N)=O. The van der Waals surface area contributed by atoms with Gasteiger partial charge in [-0.2, -0.15) is 0 Å². The van der Waals surface area contributed by atoms with Crippen molar-refractivity contribution in [2.45, 2.75) is 34.2 Å². The molecule has 0 heterocycles. The van der Waals surface area contributed by atoms with Crippen molar-refractivity contribution in [2.75, 3.05) is 13.2 Å². The third-order valence-electron chi connectivity index (χ3n) is 2.76. The largest absolute Gasteiger partial charge is 0.483 e. The summed E-state index contributed by atoms with van der Waals surface area (Å²) in [7, 11) is 0. The fraction of sp³-hybridized carbons (Fsp3) is 0.533. The number of carbonyl (C=O) groups is 1. The quantitative estimate of drug-likeness (QED) is 0.790. The highest BCUT2D eigenvalue weighted by atomic mass is 16.5. The Morgan fingerprint density at radius 1 is 1.32 bits per heavy atom. The fourth-order valence-corrected chi connectivity index (χ4v) is 2.02. The molecule has 1 aromatic carbocycles. The van der Waals surface area contributed by atoms with E-state index in [0.29, 0.717) is 5.92 Å². The van der Waals surface area contributed by atoms with E-state index in [9.17, 15) is 4.79 Å². The van der Waals surface area contributed by atoms with Crippen LogP contribution in [0.3, 0.4) is 0 Å². The first kappa shape index (κ1) is 15.5. The Hall–Kier alpha value is -1.55. The molecule has 1 amide bonds. The summed E-state index contributed by atoms with van der Waals surface area (Å²) in [5, 5.41) is 3.41. The van der Waals surface area contributed by atoms with Gasteiger partial charge in [-0.05, 0) is 43.0 Å². The molecule has 4 nitrogen and oxygen atoms in total. The van der Waals surface area contributed by atoms with Crippen LogP contribution in [-0.4, -0.2) is 19.1 Å². The summed E-state index contributed by atoms with van der Waals surface area (Å²) in [5.41, 5.74) is 8.37. The van der Waals surface area contributed by atoms with E-state index in [-0.39, 0.29) is 6.61 Å². The lowest BCUT2D eigenvalue weighted by molar-refractivity contribution is -0.119. The Morgan fingerprint density at radius 3 is 2.37 bits per heavy atom. The van der Waals surface area contributed by atoms with E-state index >= 15 is 0 Å². The second-order valence-corrected chi connectivity index (χ2v) is 5.34. The molecule has 3 N–H and O–H groups in total. The van der Waals surface area contributed by atoms with Crippen molar-refractivity contribution in [3.8, 4) is 5.75 Å². The molecule has 0 unspecified atom stereocenters. The number of hydrogen-bond acceptors (Lipinski definition) is 3. The smallest absolute Gasteiger partial charge is 0.255 e. The molecule has 0 saturated carbocycles. The van der Waals surface area contributed by atoms with Crippen molar-refractivity contribution >= 4 is 5.91 Å². The van der Waals surface area contributed by atoms with E-state index in [2.05, 4.69) is 31.3 Å². The lowest BCUT2D eigenvalue weighted by Gasteiger charge is -2.14. The Labute approximate surface area is 115 Å². The second-order valence-electron chi connectivity index (χ2n) is 5.34. The zero-order valence-corrected chi connectivity index (χ0v) is 12.2. The summed E-state index contributed by atoms with van der Waals surface area (Å²) in [4.78, 5) is 10.8. The minimum atomic E-state index is -0.457. The van der Waals surface area contributed by atoms with Gasteiger partial charge in [-0.3, -0.25) is 4.79 Å². The first-order valence-electron chi connectivity index (χ1n) is 6.62. The molecule has 0 fully saturated rings. The molecule has 0 radical (unpaired) electrons. The fourth-order valence-electron chi connectivity index (χ4n) is 2.02. The van der Waals surface area contributed by atoms with E-state index in [1.54, 1.807) is 0 Å². The standard InChI is InChI=1S/C15H24N2O2/c1-10(2)7-17-8-13-5-11(3)15(12(4)6-13)19-9-14(16)18/h5-6,10,17H,7-9H2,1-4H3,(H2,16,18). The van der Waals surface area contributed by atoms with Crippen LogP contribution in [0.15, 0.2) is 12.1 Å². The van der Waals surface area contributed by atoms with Crippen LogP contribution in [-0.2, 0) is 11.3 Å². The van der Waals surface area contributed by atoms with Gasteiger partial charge in [0.15, 0.2) is 6.61 Å². The molecular weight excluding hydrogens is 240 g/mol. The number of primary amides is 1. The monoisotopic (exact) mass is 264 g/mol. The summed E-state index contributed by atoms with van der Waals surface area (Å²) in [5.74, 6) is 0.938. The van der Waals surface area contributed by atoms with Crippen LogP contribution >= 0.6 is 0 Å². The van der Waals surface area contributed by atoms with E-state index in [4.69, 9.17) is 10.5 Å². The highest BCUT2D eigenvalue weighted by Gasteiger charge is 2.08. The molecule has 0 aromatic heterocycles. The highest BCUT2D eigenvalue weighted by Crippen LogP contribution is 2.24. The summed E-state index contributed by atoms with van der Waals surface area (Å²) in [6.45, 7) is 10.1. The van der Waals surface area contributed by atoms with Gasteiger partial charge in [-0.15, -0.1) is 0 Å². The van der Waals surface area contributed by atoms with Crippen molar-refractivity contribution in [1.29, 1.82) is 0 Å². The molecule has 0 atom stereocenters. The van der Waals surface area contributed by atoms with Crippen molar-refractivity contribution < 1.29 is 9.53 Å². The van der Waals surface area contributed by atoms with Gasteiger partial charge in [0.05, 0.1) is 0 Å². The summed E-state index contributed by atoms with van der Waals surface area (Å²) < 4.78 is 5.43. The molecule has 0 aliphatic carbocycles. The van der Waals surface area contributed by atoms with Crippen LogP contribution < -0.4 is 15.8 Å². The number of nitrogens with two attached hydrogens (primary N) is 1. The van der Waals surface area contributed by atoms with Gasteiger partial charge in [0.2, 0.25) is 0 Å². The Kier molecular flexibility index (Phi) is 5.83. The zero-order valence-electron chi connectivity index (χ0n) is 12.2. The van der Waals surface area contributed by atoms with Gasteiger partial charge in [0.1, 0.15) is 5.75 Å². The average molecular weight is 264 g/mol. The Morgan fingerprint density at radius 2 is 1.89 bits per heavy atom. The van der Waals surface area contributed by atoms with Crippen LogP contribution in [0, 0.1) is 19.8 Å². The maximum absolute atomic E-state index is 10.8. The lowest BCUT2D eigenvalue weighted by atomic mass is 10.1. The van der Waals surface area contributed by atoms with E-state index in [0.717, 1.165) is 30.0 Å². The van der Waals surface area contributed by atoms with Gasteiger partial charge < -0.3 is 15.8 Å². The number of aryl methyl sites for hydroxylation is 2. The summed E-state index contributed by atoms with van der Waals surface area (Å²) in [6.07, 6.45) is 0. The number of ether oxygens (including phenoxy) is 1. The normalized spacial score (nSPS) is 10.8. The van der Waals surface area contributed by atoms with Crippen molar-refractivity contribution in [3.63, 3.8) is 0 Å². The number of nitrogens with one attached hydrogen (secondary N) is 1. The van der Waals surface area contributed by atoms with Crippen LogP contribution in [0.25, 0.3) is 0 Å². The maximum atomic E-state index is 10.8. The Bertz CT molecular complexity index is 419. The average Bonchev–Trinajstić information content (AvgIpc) is 2.26. The van der Waals surface area contributed by atoms with Gasteiger partial charge in [0, 0.05) is 6.54 Å². The molecule has 19 heavy (non-hydrogen) atoms. The molecule has 0 saturated heterocycles. The van der Waals surface area contributed by atoms with E-state index in [1.165, 1.54) is 5.56 Å². The van der Waals surface area contributed by atoms with Crippen molar-refractivity contribution in [2.24, 2.45) is 11.7 Å². The van der Waals surface area contributed by atoms with Crippen LogP contribution in [0.5, 0.6) is 5.75 Å². The molecule has 4 heteroatoms. The van der Waals surface area contributed by atoms with Crippen LogP contribution in [0.4, 0.5) is 0 Å². The van der Waals surface area contributed by atoms with Gasteiger partial charge in [-0.1, -0.05) is 26.0 Å². The second kappa shape index (κ2) is 7.14. The number of benzene rings is 1. The maximum Gasteiger partial charge on any atom is 0.255 e. The molecule has 0 aliphatic rings. The topological polar surface area (TPSA) is 64.3 Å². The van der Waals surface area contributed by atoms with Crippen molar-refractivity contribution in [3.05, 3.63) is 28.8 Å². The first-order valence-corrected chi connectivity index (χ1v) is 6.62. The minimum absolute atomic E-state index is 0.0768. The zero-order chi connectivity index (χ0) is 14.4. The molecule has 0 spiro atoms. The molecule has 0 aliphatic heterocycles. The minimum Gasteiger partial charge on any atom is -0.483 e. The third-order valence-corrected chi connectivity index (χ3v) is 2.76. The van der Waals surface area contributed by atoms with Gasteiger partial charge >= 0.3 is 0 Å². The number of rotatable bonds is 7. The highest BCUT2D eigenvalue weighted by molar-refractivity contribution is 5.75. The van der Waals surface area contributed by atoms with Gasteiger partial charge in [-0.25, -0.2) is 0 Å². The van der Waals surface area contributed by atoms with Crippen LogP contribution in [0.1, 0.15) is 30.5 Å². The van der Waals surface area contributed by atoms with E-state index < -0.39 is 5.91 Å². The lowest BCUT2D eigenvalue weighted by Crippen LogP contribution is -2.21. The van der Waals surface area contributed by atoms with Crippen LogP contribution in [0.2, 0.25) is 0 Å². The number of carbonyl (C=O) groups excluding carboxylic acids is 1. The predicted octanol–water partition coefficient (Wildman–Crippen LogP) is 1.91. The summed E-state index contributed by atoms with van der Waals surface area (Å²) in [6, 6.07) is 4.16. The molecule has 1 aromatic rings.